The summed E-state index contributed by atoms with van der Waals surface area (Å²) < 4.78 is 11.5. The quantitative estimate of drug-likeness (QED) is 0.622. The number of ether oxygens (including phenoxy) is 2. The van der Waals surface area contributed by atoms with Gasteiger partial charge < -0.3 is 9.47 Å². The first-order valence-electron chi connectivity index (χ1n) is 7.68. The van der Waals surface area contributed by atoms with Gasteiger partial charge in [0.15, 0.2) is 5.60 Å². The standard InChI is InChI=1S/C17H22O3/c1-2-13-19-15(18)17-12-8-4-7-11-16(17,20-17)14-9-5-3-6-10-14/h3,5-6,9-10H,2,4,7-8,11-13H2,1H3. The van der Waals surface area contributed by atoms with Gasteiger partial charge in [0.25, 0.3) is 0 Å². The summed E-state index contributed by atoms with van der Waals surface area (Å²) in [5.41, 5.74) is -0.0364. The Morgan fingerprint density at radius 1 is 1.20 bits per heavy atom. The molecule has 20 heavy (non-hydrogen) atoms. The fourth-order valence-electron chi connectivity index (χ4n) is 3.47. The van der Waals surface area contributed by atoms with Crippen LogP contribution in [0.15, 0.2) is 30.3 Å². The molecule has 0 amide bonds. The second kappa shape index (κ2) is 5.21. The van der Waals surface area contributed by atoms with E-state index in [-0.39, 0.29) is 5.97 Å². The first-order chi connectivity index (χ1) is 9.75. The molecule has 0 N–H and O–H groups in total. The average Bonchev–Trinajstić information content (AvgIpc) is 3.17. The lowest BCUT2D eigenvalue weighted by atomic mass is 9.82. The lowest BCUT2D eigenvalue weighted by molar-refractivity contribution is -0.150. The smallest absolute Gasteiger partial charge is 0.341 e. The van der Waals surface area contributed by atoms with Gasteiger partial charge in [0.1, 0.15) is 5.60 Å². The van der Waals surface area contributed by atoms with Gasteiger partial charge in [0, 0.05) is 0 Å². The third-order valence-corrected chi connectivity index (χ3v) is 4.52. The minimum Gasteiger partial charge on any atom is -0.463 e. The van der Waals surface area contributed by atoms with Gasteiger partial charge in [0.2, 0.25) is 0 Å². The van der Waals surface area contributed by atoms with Crippen LogP contribution in [0.4, 0.5) is 0 Å². The Balaban J connectivity index is 1.91. The molecule has 3 nitrogen and oxygen atoms in total. The molecule has 0 bridgehead atoms. The van der Waals surface area contributed by atoms with Crippen LogP contribution in [-0.2, 0) is 19.9 Å². The third-order valence-electron chi connectivity index (χ3n) is 4.52. The van der Waals surface area contributed by atoms with E-state index in [1.165, 1.54) is 6.42 Å². The maximum atomic E-state index is 12.5. The summed E-state index contributed by atoms with van der Waals surface area (Å²) in [7, 11) is 0. The Morgan fingerprint density at radius 3 is 2.70 bits per heavy atom. The fourth-order valence-corrected chi connectivity index (χ4v) is 3.47. The largest absolute Gasteiger partial charge is 0.463 e. The summed E-state index contributed by atoms with van der Waals surface area (Å²) >= 11 is 0. The van der Waals surface area contributed by atoms with Crippen LogP contribution in [0.3, 0.4) is 0 Å². The SMILES string of the molecule is CCCOC(=O)C12CCCCCC1(c1ccccc1)O2. The van der Waals surface area contributed by atoms with E-state index >= 15 is 0 Å². The van der Waals surface area contributed by atoms with E-state index in [2.05, 4.69) is 12.1 Å². The molecule has 1 aliphatic heterocycles. The molecule has 1 heterocycles. The maximum absolute atomic E-state index is 12.5. The van der Waals surface area contributed by atoms with Gasteiger partial charge in [0.05, 0.1) is 6.61 Å². The van der Waals surface area contributed by atoms with Gasteiger partial charge in [-0.05, 0) is 31.2 Å². The van der Waals surface area contributed by atoms with Crippen molar-refractivity contribution >= 4 is 5.97 Å². The highest BCUT2D eigenvalue weighted by atomic mass is 16.7. The molecular formula is C17H22O3. The Hall–Kier alpha value is -1.35. The summed E-state index contributed by atoms with van der Waals surface area (Å²) in [6, 6.07) is 10.2. The van der Waals surface area contributed by atoms with Crippen molar-refractivity contribution in [2.75, 3.05) is 6.61 Å². The summed E-state index contributed by atoms with van der Waals surface area (Å²) in [5, 5.41) is 0. The van der Waals surface area contributed by atoms with E-state index in [4.69, 9.17) is 9.47 Å². The lowest BCUT2D eigenvalue weighted by Crippen LogP contribution is -2.34. The van der Waals surface area contributed by atoms with E-state index in [9.17, 15) is 4.79 Å². The van der Waals surface area contributed by atoms with Crippen molar-refractivity contribution < 1.29 is 14.3 Å². The normalized spacial score (nSPS) is 32.0. The highest BCUT2D eigenvalue weighted by Crippen LogP contribution is 2.63. The zero-order chi connectivity index (χ0) is 14.1. The summed E-state index contributed by atoms with van der Waals surface area (Å²) in [6.07, 6.45) is 5.86. The highest BCUT2D eigenvalue weighted by molar-refractivity contribution is 5.85. The van der Waals surface area contributed by atoms with Crippen molar-refractivity contribution in [3.8, 4) is 0 Å². The van der Waals surface area contributed by atoms with Crippen LogP contribution in [0.25, 0.3) is 0 Å². The predicted octanol–water partition coefficient (Wildman–Crippen LogP) is 3.57. The molecule has 0 spiro atoms. The number of benzene rings is 1. The van der Waals surface area contributed by atoms with E-state index in [0.717, 1.165) is 37.7 Å². The van der Waals surface area contributed by atoms with Gasteiger partial charge in [-0.1, -0.05) is 50.1 Å². The molecule has 2 unspecified atom stereocenters. The molecule has 1 aliphatic carbocycles. The molecule has 1 aromatic carbocycles. The maximum Gasteiger partial charge on any atom is 0.341 e. The van der Waals surface area contributed by atoms with Gasteiger partial charge >= 0.3 is 5.97 Å². The monoisotopic (exact) mass is 274 g/mol. The number of esters is 1. The third kappa shape index (κ3) is 1.96. The zero-order valence-corrected chi connectivity index (χ0v) is 12.1. The number of rotatable bonds is 4. The average molecular weight is 274 g/mol. The van der Waals surface area contributed by atoms with Gasteiger partial charge in [-0.3, -0.25) is 0 Å². The van der Waals surface area contributed by atoms with Crippen LogP contribution in [0, 0.1) is 0 Å². The molecular weight excluding hydrogens is 252 g/mol. The van der Waals surface area contributed by atoms with Crippen molar-refractivity contribution in [3.63, 3.8) is 0 Å². The second-order valence-electron chi connectivity index (χ2n) is 5.82. The molecule has 108 valence electrons. The molecule has 1 saturated carbocycles. The first-order valence-corrected chi connectivity index (χ1v) is 7.68. The minimum atomic E-state index is -0.722. The Bertz CT molecular complexity index is 484. The Morgan fingerprint density at radius 2 is 1.95 bits per heavy atom. The number of hydrogen-bond donors (Lipinski definition) is 0. The van der Waals surface area contributed by atoms with Gasteiger partial charge in [-0.25, -0.2) is 4.79 Å². The van der Waals surface area contributed by atoms with Crippen molar-refractivity contribution in [2.45, 2.75) is 56.7 Å². The molecule has 0 aromatic heterocycles. The molecule has 2 fully saturated rings. The highest BCUT2D eigenvalue weighted by Gasteiger charge is 2.75. The first kappa shape index (κ1) is 13.6. The summed E-state index contributed by atoms with van der Waals surface area (Å²) in [5.74, 6) is -0.162. The molecule has 3 heteroatoms. The van der Waals surface area contributed by atoms with Crippen LogP contribution in [0.1, 0.15) is 51.0 Å². The molecule has 3 rings (SSSR count). The van der Waals surface area contributed by atoms with E-state index in [1.54, 1.807) is 0 Å². The predicted molar refractivity (Wildman–Crippen MR) is 76.3 cm³/mol. The zero-order valence-electron chi connectivity index (χ0n) is 12.1. The van der Waals surface area contributed by atoms with Crippen LogP contribution in [0.5, 0.6) is 0 Å². The fraction of sp³-hybridized carbons (Fsp3) is 0.588. The Kier molecular flexibility index (Phi) is 3.55. The molecule has 2 atom stereocenters. The minimum absolute atomic E-state index is 0.162. The number of carbonyl (C=O) groups is 1. The van der Waals surface area contributed by atoms with Gasteiger partial charge in [-0.15, -0.1) is 0 Å². The summed E-state index contributed by atoms with van der Waals surface area (Å²) in [6.45, 7) is 2.49. The van der Waals surface area contributed by atoms with Crippen LogP contribution in [0.2, 0.25) is 0 Å². The van der Waals surface area contributed by atoms with E-state index in [0.29, 0.717) is 6.61 Å². The van der Waals surface area contributed by atoms with Crippen molar-refractivity contribution in [1.82, 2.24) is 0 Å². The Labute approximate surface area is 120 Å². The topological polar surface area (TPSA) is 38.8 Å². The second-order valence-corrected chi connectivity index (χ2v) is 5.82. The molecule has 1 aromatic rings. The van der Waals surface area contributed by atoms with Gasteiger partial charge in [-0.2, -0.15) is 0 Å². The van der Waals surface area contributed by atoms with Crippen LogP contribution >= 0.6 is 0 Å². The molecule has 0 radical (unpaired) electrons. The summed E-state index contributed by atoms with van der Waals surface area (Å²) in [4.78, 5) is 12.5. The lowest BCUT2D eigenvalue weighted by Gasteiger charge is -2.17. The number of epoxide rings is 1. The van der Waals surface area contributed by atoms with Crippen molar-refractivity contribution in [3.05, 3.63) is 35.9 Å². The number of carbonyl (C=O) groups excluding carboxylic acids is 1. The number of hydrogen-bond acceptors (Lipinski definition) is 3. The number of fused-ring (bicyclic) bond motifs is 1. The van der Waals surface area contributed by atoms with Crippen LogP contribution < -0.4 is 0 Å². The molecule has 1 saturated heterocycles. The molecule has 2 aliphatic rings. The van der Waals surface area contributed by atoms with E-state index in [1.807, 2.05) is 25.1 Å². The van der Waals surface area contributed by atoms with Crippen LogP contribution in [-0.4, -0.2) is 18.2 Å². The van der Waals surface area contributed by atoms with E-state index < -0.39 is 11.2 Å². The van der Waals surface area contributed by atoms with Crippen molar-refractivity contribution in [1.29, 1.82) is 0 Å². The van der Waals surface area contributed by atoms with Crippen molar-refractivity contribution in [2.24, 2.45) is 0 Å².